The van der Waals surface area contributed by atoms with E-state index in [1.807, 2.05) is 19.2 Å². The van der Waals surface area contributed by atoms with Gasteiger partial charge >= 0.3 is 6.61 Å². The summed E-state index contributed by atoms with van der Waals surface area (Å²) >= 11 is 0. The first-order chi connectivity index (χ1) is 9.11. The van der Waals surface area contributed by atoms with Gasteiger partial charge in [-0.3, -0.25) is 4.90 Å². The minimum absolute atomic E-state index is 0.246. The van der Waals surface area contributed by atoms with Crippen LogP contribution in [0.2, 0.25) is 0 Å². The predicted molar refractivity (Wildman–Crippen MR) is 70.1 cm³/mol. The fourth-order valence-corrected chi connectivity index (χ4v) is 2.44. The average Bonchev–Trinajstić information content (AvgIpc) is 3.16. The first kappa shape index (κ1) is 14.2. The Kier molecular flexibility index (Phi) is 4.71. The highest BCUT2D eigenvalue weighted by Crippen LogP contribution is 2.35. The molecule has 0 spiro atoms. The van der Waals surface area contributed by atoms with E-state index in [-0.39, 0.29) is 5.75 Å². The number of nitrogens with zero attached hydrogens (tertiary/aromatic N) is 1. The van der Waals surface area contributed by atoms with Gasteiger partial charge in [0.15, 0.2) is 0 Å². The zero-order chi connectivity index (χ0) is 13.8. The Labute approximate surface area is 112 Å². The van der Waals surface area contributed by atoms with Gasteiger partial charge in [-0.1, -0.05) is 18.2 Å². The number of hydrogen-bond acceptors (Lipinski definition) is 3. The molecule has 1 fully saturated rings. The van der Waals surface area contributed by atoms with Crippen LogP contribution in [0.5, 0.6) is 5.75 Å². The van der Waals surface area contributed by atoms with E-state index in [1.165, 1.54) is 12.8 Å². The van der Waals surface area contributed by atoms with Crippen LogP contribution in [0.15, 0.2) is 24.3 Å². The molecule has 1 aromatic rings. The summed E-state index contributed by atoms with van der Waals surface area (Å²) in [6.07, 6.45) is 2.42. The van der Waals surface area contributed by atoms with Crippen molar-refractivity contribution in [3.05, 3.63) is 29.8 Å². The molecule has 5 heteroatoms. The van der Waals surface area contributed by atoms with E-state index >= 15 is 0 Å². The van der Waals surface area contributed by atoms with Crippen LogP contribution in [0.4, 0.5) is 8.78 Å². The normalized spacial score (nSPS) is 16.9. The van der Waals surface area contributed by atoms with Crippen molar-refractivity contribution in [2.45, 2.75) is 32.0 Å². The van der Waals surface area contributed by atoms with E-state index in [1.54, 1.807) is 12.1 Å². The molecule has 2 N–H and O–H groups in total. The molecule has 1 atom stereocenters. The molecule has 2 rings (SSSR count). The number of rotatable bonds is 7. The summed E-state index contributed by atoms with van der Waals surface area (Å²) in [5.41, 5.74) is 6.56. The minimum Gasteiger partial charge on any atom is -0.434 e. The summed E-state index contributed by atoms with van der Waals surface area (Å²) in [4.78, 5) is 2.13. The van der Waals surface area contributed by atoms with Crippen LogP contribution in [0.1, 0.15) is 18.4 Å². The molecule has 1 aromatic carbocycles. The third-order valence-corrected chi connectivity index (χ3v) is 3.58. The van der Waals surface area contributed by atoms with Crippen molar-refractivity contribution < 1.29 is 13.5 Å². The second kappa shape index (κ2) is 6.30. The molecule has 0 amide bonds. The van der Waals surface area contributed by atoms with Gasteiger partial charge in [-0.05, 0) is 31.9 Å². The highest BCUT2D eigenvalue weighted by atomic mass is 19.3. The van der Waals surface area contributed by atoms with Crippen molar-refractivity contribution >= 4 is 0 Å². The molecular weight excluding hydrogens is 250 g/mol. The number of ether oxygens (including phenoxy) is 1. The summed E-state index contributed by atoms with van der Waals surface area (Å²) in [5, 5.41) is 0. The molecule has 0 saturated heterocycles. The van der Waals surface area contributed by atoms with Crippen LogP contribution in [-0.2, 0) is 6.54 Å². The fourth-order valence-electron chi connectivity index (χ4n) is 2.44. The summed E-state index contributed by atoms with van der Waals surface area (Å²) < 4.78 is 29.2. The zero-order valence-corrected chi connectivity index (χ0v) is 11.1. The molecule has 1 saturated carbocycles. The van der Waals surface area contributed by atoms with Crippen molar-refractivity contribution in [2.24, 2.45) is 11.7 Å². The Balaban J connectivity index is 2.04. The largest absolute Gasteiger partial charge is 0.434 e. The monoisotopic (exact) mass is 270 g/mol. The van der Waals surface area contributed by atoms with E-state index in [9.17, 15) is 8.78 Å². The fraction of sp³-hybridized carbons (Fsp3) is 0.571. The zero-order valence-electron chi connectivity index (χ0n) is 11.1. The standard InChI is InChI=1S/C14H20F2N2O/c1-18(12(8-17)10-6-7-10)9-11-4-2-3-5-13(11)19-14(15)16/h2-5,10,12,14H,6-9,17H2,1H3. The predicted octanol–water partition coefficient (Wildman–Crippen LogP) is 2.46. The van der Waals surface area contributed by atoms with Crippen LogP contribution in [0, 0.1) is 5.92 Å². The molecule has 0 bridgehead atoms. The van der Waals surface area contributed by atoms with Gasteiger partial charge in [0.05, 0.1) is 0 Å². The smallest absolute Gasteiger partial charge is 0.387 e. The van der Waals surface area contributed by atoms with Gasteiger partial charge in [0.25, 0.3) is 0 Å². The maximum atomic E-state index is 12.3. The third kappa shape index (κ3) is 3.88. The Bertz CT molecular complexity index is 410. The van der Waals surface area contributed by atoms with E-state index < -0.39 is 6.61 Å². The quantitative estimate of drug-likeness (QED) is 0.827. The van der Waals surface area contributed by atoms with E-state index in [2.05, 4.69) is 9.64 Å². The summed E-state index contributed by atoms with van der Waals surface area (Å²) in [7, 11) is 1.98. The molecule has 1 aliphatic rings. The summed E-state index contributed by atoms with van der Waals surface area (Å²) in [5.74, 6) is 0.897. The first-order valence-electron chi connectivity index (χ1n) is 6.55. The van der Waals surface area contributed by atoms with E-state index in [0.29, 0.717) is 25.0 Å². The highest BCUT2D eigenvalue weighted by Gasteiger charge is 2.32. The first-order valence-corrected chi connectivity index (χ1v) is 6.55. The molecule has 1 unspecified atom stereocenters. The number of nitrogens with two attached hydrogens (primary N) is 1. The maximum Gasteiger partial charge on any atom is 0.387 e. The molecule has 3 nitrogen and oxygen atoms in total. The number of likely N-dealkylation sites (N-methyl/N-ethyl adjacent to an activating group) is 1. The third-order valence-electron chi connectivity index (χ3n) is 3.58. The molecular formula is C14H20F2N2O. The van der Waals surface area contributed by atoms with Crippen molar-refractivity contribution in [1.82, 2.24) is 4.90 Å². The Morgan fingerprint density at radius 2 is 2.05 bits per heavy atom. The molecule has 19 heavy (non-hydrogen) atoms. The van der Waals surface area contributed by atoms with Gasteiger partial charge in [-0.2, -0.15) is 8.78 Å². The van der Waals surface area contributed by atoms with E-state index in [4.69, 9.17) is 5.73 Å². The maximum absolute atomic E-state index is 12.3. The molecule has 0 radical (unpaired) electrons. The minimum atomic E-state index is -2.79. The van der Waals surface area contributed by atoms with Crippen LogP contribution in [0.3, 0.4) is 0 Å². The second-order valence-electron chi connectivity index (χ2n) is 5.04. The average molecular weight is 270 g/mol. The topological polar surface area (TPSA) is 38.5 Å². The molecule has 1 aliphatic carbocycles. The van der Waals surface area contributed by atoms with Gasteiger partial charge in [-0.25, -0.2) is 0 Å². The highest BCUT2D eigenvalue weighted by molar-refractivity contribution is 5.33. The van der Waals surface area contributed by atoms with Gasteiger partial charge in [0.1, 0.15) is 5.75 Å². The van der Waals surface area contributed by atoms with Crippen molar-refractivity contribution in [1.29, 1.82) is 0 Å². The molecule has 0 aliphatic heterocycles. The van der Waals surface area contributed by atoms with Crippen LogP contribution in [-0.4, -0.2) is 31.1 Å². The SMILES string of the molecule is CN(Cc1ccccc1OC(F)F)C(CN)C1CC1. The van der Waals surface area contributed by atoms with Crippen molar-refractivity contribution in [3.8, 4) is 5.75 Å². The number of alkyl halides is 2. The lowest BCUT2D eigenvalue weighted by Gasteiger charge is -2.27. The van der Waals surface area contributed by atoms with Gasteiger partial charge in [-0.15, -0.1) is 0 Å². The van der Waals surface area contributed by atoms with Crippen LogP contribution < -0.4 is 10.5 Å². The molecule has 0 heterocycles. The van der Waals surface area contributed by atoms with Gasteiger partial charge in [0.2, 0.25) is 0 Å². The van der Waals surface area contributed by atoms with Crippen molar-refractivity contribution in [2.75, 3.05) is 13.6 Å². The number of para-hydroxylation sites is 1. The number of halogens is 2. The molecule has 106 valence electrons. The lowest BCUT2D eigenvalue weighted by atomic mass is 10.1. The van der Waals surface area contributed by atoms with Gasteiger partial charge in [0, 0.05) is 24.7 Å². The summed E-state index contributed by atoms with van der Waals surface area (Å²) in [6.45, 7) is -1.62. The lowest BCUT2D eigenvalue weighted by Crippen LogP contribution is -2.39. The number of benzene rings is 1. The van der Waals surface area contributed by atoms with E-state index in [0.717, 1.165) is 5.56 Å². The Morgan fingerprint density at radius 3 is 2.63 bits per heavy atom. The Morgan fingerprint density at radius 1 is 1.37 bits per heavy atom. The van der Waals surface area contributed by atoms with Crippen molar-refractivity contribution in [3.63, 3.8) is 0 Å². The van der Waals surface area contributed by atoms with Crippen LogP contribution in [0.25, 0.3) is 0 Å². The molecule has 0 aromatic heterocycles. The lowest BCUT2D eigenvalue weighted by molar-refractivity contribution is -0.0508. The Hall–Kier alpha value is -1.20. The summed E-state index contributed by atoms with van der Waals surface area (Å²) in [6, 6.07) is 7.23. The second-order valence-corrected chi connectivity index (χ2v) is 5.04. The van der Waals surface area contributed by atoms with Gasteiger partial charge < -0.3 is 10.5 Å². The van der Waals surface area contributed by atoms with Crippen LogP contribution >= 0.6 is 0 Å². The number of hydrogen-bond donors (Lipinski definition) is 1.